The maximum absolute atomic E-state index is 5.74. The van der Waals surface area contributed by atoms with Crippen molar-refractivity contribution in [2.24, 2.45) is 0 Å². The van der Waals surface area contributed by atoms with Crippen molar-refractivity contribution in [2.45, 2.75) is 18.9 Å². The average molecular weight is 354 g/mol. The third-order valence-electron chi connectivity index (χ3n) is 4.62. The summed E-state index contributed by atoms with van der Waals surface area (Å²) in [6.07, 6.45) is 7.82. The smallest absolute Gasteiger partial charge is 0.157 e. The van der Waals surface area contributed by atoms with E-state index in [1.807, 2.05) is 28.8 Å². The van der Waals surface area contributed by atoms with Crippen LogP contribution in [0.4, 0.5) is 5.82 Å². The predicted molar refractivity (Wildman–Crippen MR) is 99.0 cm³/mol. The second kappa shape index (κ2) is 7.21. The van der Waals surface area contributed by atoms with Gasteiger partial charge in [0.15, 0.2) is 5.65 Å². The zero-order chi connectivity index (χ0) is 17.9. The number of nitrogens with zero attached hydrogens (tertiary/aromatic N) is 3. The van der Waals surface area contributed by atoms with Crippen molar-refractivity contribution in [1.29, 1.82) is 0 Å². The summed E-state index contributed by atoms with van der Waals surface area (Å²) in [6.45, 7) is 1.57. The molecule has 7 heteroatoms. The normalized spacial score (nSPS) is 16.8. The van der Waals surface area contributed by atoms with Crippen molar-refractivity contribution in [2.75, 3.05) is 32.7 Å². The molecule has 2 aromatic heterocycles. The minimum absolute atomic E-state index is 0.230. The lowest BCUT2D eigenvalue weighted by Gasteiger charge is -2.14. The fourth-order valence-corrected chi connectivity index (χ4v) is 3.27. The highest BCUT2D eigenvalue weighted by Crippen LogP contribution is 2.37. The van der Waals surface area contributed by atoms with Crippen LogP contribution in [0.15, 0.2) is 36.8 Å². The summed E-state index contributed by atoms with van der Waals surface area (Å²) in [6, 6.07) is 5.73. The Morgan fingerprint density at radius 1 is 1.31 bits per heavy atom. The molecule has 4 rings (SSSR count). The number of hydrogen-bond donors (Lipinski definition) is 1. The molecule has 0 saturated carbocycles. The lowest BCUT2D eigenvalue weighted by Crippen LogP contribution is -2.19. The number of ether oxygens (including phenoxy) is 3. The Morgan fingerprint density at radius 3 is 3.00 bits per heavy atom. The molecule has 1 aliphatic rings. The Kier molecular flexibility index (Phi) is 4.62. The number of rotatable bonds is 6. The van der Waals surface area contributed by atoms with Crippen molar-refractivity contribution in [3.05, 3.63) is 36.8 Å². The van der Waals surface area contributed by atoms with Crippen LogP contribution in [0.25, 0.3) is 16.9 Å². The van der Waals surface area contributed by atoms with Crippen LogP contribution < -0.4 is 14.8 Å². The molecule has 136 valence electrons. The highest BCUT2D eigenvalue weighted by Gasteiger charge is 2.21. The molecule has 0 aliphatic carbocycles. The highest BCUT2D eigenvalue weighted by molar-refractivity contribution is 5.80. The topological polar surface area (TPSA) is 69.9 Å². The summed E-state index contributed by atoms with van der Waals surface area (Å²) in [4.78, 5) is 8.95. The molecule has 0 spiro atoms. The van der Waals surface area contributed by atoms with Crippen molar-refractivity contribution in [3.8, 4) is 22.8 Å². The van der Waals surface area contributed by atoms with E-state index >= 15 is 0 Å². The number of nitrogens with one attached hydrogen (secondary N) is 1. The standard InChI is InChI=1S/C19H22N4O3/c1-24-13-5-6-15(16(10-13)25-2)18-19(21-11-14-4-3-9-26-14)23-8-7-20-12-17(23)22-18/h5-8,10,12,14,21H,3-4,9,11H2,1-2H3. The van der Waals surface area contributed by atoms with Gasteiger partial charge in [-0.25, -0.2) is 4.98 Å². The van der Waals surface area contributed by atoms with Gasteiger partial charge in [-0.15, -0.1) is 0 Å². The van der Waals surface area contributed by atoms with E-state index < -0.39 is 0 Å². The fourth-order valence-electron chi connectivity index (χ4n) is 3.27. The number of hydrogen-bond acceptors (Lipinski definition) is 6. The van der Waals surface area contributed by atoms with E-state index in [9.17, 15) is 0 Å². The molecule has 1 atom stereocenters. The Hall–Kier alpha value is -2.80. The second-order valence-corrected chi connectivity index (χ2v) is 6.20. The van der Waals surface area contributed by atoms with E-state index in [1.165, 1.54) is 0 Å². The van der Waals surface area contributed by atoms with Gasteiger partial charge < -0.3 is 19.5 Å². The summed E-state index contributed by atoms with van der Waals surface area (Å²) in [7, 11) is 3.29. The summed E-state index contributed by atoms with van der Waals surface area (Å²) >= 11 is 0. The molecule has 1 unspecified atom stereocenters. The molecular weight excluding hydrogens is 332 g/mol. The van der Waals surface area contributed by atoms with E-state index in [1.54, 1.807) is 26.6 Å². The van der Waals surface area contributed by atoms with Crippen molar-refractivity contribution >= 4 is 11.5 Å². The Bertz CT molecular complexity index is 903. The summed E-state index contributed by atoms with van der Waals surface area (Å²) < 4.78 is 18.6. The monoisotopic (exact) mass is 354 g/mol. The van der Waals surface area contributed by atoms with Gasteiger partial charge in [-0.3, -0.25) is 9.38 Å². The van der Waals surface area contributed by atoms with E-state index in [4.69, 9.17) is 19.2 Å². The average Bonchev–Trinajstić information content (AvgIpc) is 3.33. The van der Waals surface area contributed by atoms with Gasteiger partial charge in [0.05, 0.1) is 26.5 Å². The number of benzene rings is 1. The molecule has 3 heterocycles. The van der Waals surface area contributed by atoms with Crippen LogP contribution >= 0.6 is 0 Å². The Morgan fingerprint density at radius 2 is 2.23 bits per heavy atom. The van der Waals surface area contributed by atoms with Crippen LogP contribution in [-0.4, -0.2) is 47.8 Å². The third kappa shape index (κ3) is 3.06. The van der Waals surface area contributed by atoms with Gasteiger partial charge in [0.25, 0.3) is 0 Å². The van der Waals surface area contributed by atoms with Gasteiger partial charge in [-0.05, 0) is 25.0 Å². The molecule has 7 nitrogen and oxygen atoms in total. The molecule has 0 bridgehead atoms. The number of aromatic nitrogens is 3. The van der Waals surface area contributed by atoms with Crippen molar-refractivity contribution in [3.63, 3.8) is 0 Å². The molecular formula is C19H22N4O3. The first kappa shape index (κ1) is 16.7. The summed E-state index contributed by atoms with van der Waals surface area (Å²) in [5, 5.41) is 3.52. The van der Waals surface area contributed by atoms with Crippen LogP contribution in [0.5, 0.6) is 11.5 Å². The molecule has 1 aliphatic heterocycles. The predicted octanol–water partition coefficient (Wildman–Crippen LogP) is 3.00. The SMILES string of the molecule is COc1ccc(-c2nc3cnccn3c2NCC2CCCO2)c(OC)c1. The van der Waals surface area contributed by atoms with Crippen LogP contribution in [0.3, 0.4) is 0 Å². The number of anilines is 1. The Balaban J connectivity index is 1.77. The van der Waals surface area contributed by atoms with E-state index in [2.05, 4.69) is 10.3 Å². The quantitative estimate of drug-likeness (QED) is 0.734. The number of imidazole rings is 1. The first-order valence-corrected chi connectivity index (χ1v) is 8.70. The molecule has 3 aromatic rings. The van der Waals surface area contributed by atoms with E-state index in [0.29, 0.717) is 5.75 Å². The fraction of sp³-hybridized carbons (Fsp3) is 0.368. The van der Waals surface area contributed by atoms with Crippen molar-refractivity contribution < 1.29 is 14.2 Å². The second-order valence-electron chi connectivity index (χ2n) is 6.20. The first-order chi connectivity index (χ1) is 12.8. The lowest BCUT2D eigenvalue weighted by molar-refractivity contribution is 0.120. The van der Waals surface area contributed by atoms with E-state index in [-0.39, 0.29) is 6.10 Å². The first-order valence-electron chi connectivity index (χ1n) is 8.70. The molecule has 26 heavy (non-hydrogen) atoms. The zero-order valence-electron chi connectivity index (χ0n) is 14.9. The minimum Gasteiger partial charge on any atom is -0.497 e. The molecule has 0 amide bonds. The molecule has 1 N–H and O–H groups in total. The van der Waals surface area contributed by atoms with Gasteiger partial charge in [0.2, 0.25) is 0 Å². The van der Waals surface area contributed by atoms with Gasteiger partial charge in [0, 0.05) is 37.2 Å². The number of fused-ring (bicyclic) bond motifs is 1. The van der Waals surface area contributed by atoms with Gasteiger partial charge in [-0.2, -0.15) is 0 Å². The van der Waals surface area contributed by atoms with E-state index in [0.717, 1.165) is 54.5 Å². The third-order valence-corrected chi connectivity index (χ3v) is 4.62. The van der Waals surface area contributed by atoms with Gasteiger partial charge in [0.1, 0.15) is 23.0 Å². The van der Waals surface area contributed by atoms with Crippen LogP contribution in [0.2, 0.25) is 0 Å². The van der Waals surface area contributed by atoms with Crippen molar-refractivity contribution in [1.82, 2.24) is 14.4 Å². The lowest BCUT2D eigenvalue weighted by atomic mass is 10.1. The summed E-state index contributed by atoms with van der Waals surface area (Å²) in [5.41, 5.74) is 2.48. The minimum atomic E-state index is 0.230. The highest BCUT2D eigenvalue weighted by atomic mass is 16.5. The van der Waals surface area contributed by atoms with Gasteiger partial charge in [-0.1, -0.05) is 0 Å². The summed E-state index contributed by atoms with van der Waals surface area (Å²) in [5.74, 6) is 2.35. The van der Waals surface area contributed by atoms with Crippen LogP contribution in [-0.2, 0) is 4.74 Å². The molecule has 1 aromatic carbocycles. The number of methoxy groups -OCH3 is 2. The zero-order valence-corrected chi connectivity index (χ0v) is 14.9. The van der Waals surface area contributed by atoms with Crippen LogP contribution in [0.1, 0.15) is 12.8 Å². The molecule has 1 saturated heterocycles. The maximum atomic E-state index is 5.74. The maximum Gasteiger partial charge on any atom is 0.157 e. The van der Waals surface area contributed by atoms with Gasteiger partial charge >= 0.3 is 0 Å². The van der Waals surface area contributed by atoms with Crippen LogP contribution in [0, 0.1) is 0 Å². The molecule has 0 radical (unpaired) electrons. The molecule has 1 fully saturated rings. The largest absolute Gasteiger partial charge is 0.497 e. The Labute approximate surface area is 151 Å².